The minimum atomic E-state index is -1.07. The van der Waals surface area contributed by atoms with E-state index in [1.54, 1.807) is 6.92 Å². The molecule has 3 N–H and O–H groups in total. The SMILES string of the molecule is CCCNC(=O)[C@@H]1[C@H]2C(=O)N([C@H](C)CO)C(C(=O)NC(C)(C)C)C23CC(C)[C@@]1(C)O3. The molecule has 0 radical (unpaired) electrons. The molecule has 0 aromatic carbocycles. The lowest BCUT2D eigenvalue weighted by molar-refractivity contribution is -0.151. The first-order valence-electron chi connectivity index (χ1n) is 11.1. The molecule has 30 heavy (non-hydrogen) atoms. The highest BCUT2D eigenvalue weighted by Gasteiger charge is 2.80. The summed E-state index contributed by atoms with van der Waals surface area (Å²) in [4.78, 5) is 41.8. The lowest BCUT2D eigenvalue weighted by atomic mass is 9.62. The summed E-state index contributed by atoms with van der Waals surface area (Å²) in [6.45, 7) is 13.5. The highest BCUT2D eigenvalue weighted by atomic mass is 16.5. The van der Waals surface area contributed by atoms with E-state index in [1.807, 2.05) is 41.5 Å². The van der Waals surface area contributed by atoms with Crippen molar-refractivity contribution in [1.29, 1.82) is 0 Å². The molecule has 8 heteroatoms. The number of nitrogens with one attached hydrogen (secondary N) is 2. The maximum absolute atomic E-state index is 13.7. The van der Waals surface area contributed by atoms with Crippen LogP contribution in [-0.4, -0.2) is 69.7 Å². The fraction of sp³-hybridized carbons (Fsp3) is 0.864. The number of hydrogen-bond donors (Lipinski definition) is 3. The number of carbonyl (C=O) groups excluding carboxylic acids is 3. The van der Waals surface area contributed by atoms with Crippen LogP contribution in [0.5, 0.6) is 0 Å². The maximum atomic E-state index is 13.7. The molecule has 3 amide bonds. The Kier molecular flexibility index (Phi) is 5.74. The summed E-state index contributed by atoms with van der Waals surface area (Å²) in [5.41, 5.74) is -2.38. The zero-order valence-corrected chi connectivity index (χ0v) is 19.2. The predicted octanol–water partition coefficient (Wildman–Crippen LogP) is 0.819. The summed E-state index contributed by atoms with van der Waals surface area (Å²) in [6, 6.07) is -1.44. The van der Waals surface area contributed by atoms with Gasteiger partial charge < -0.3 is 25.4 Å². The summed E-state index contributed by atoms with van der Waals surface area (Å²) in [6.07, 6.45) is 1.31. The molecule has 3 aliphatic heterocycles. The third-order valence-corrected chi connectivity index (χ3v) is 7.07. The molecule has 3 heterocycles. The molecule has 0 aromatic heterocycles. The smallest absolute Gasteiger partial charge is 0.246 e. The van der Waals surface area contributed by atoms with E-state index in [0.29, 0.717) is 13.0 Å². The van der Waals surface area contributed by atoms with Crippen LogP contribution in [0, 0.1) is 17.8 Å². The molecule has 0 aromatic rings. The van der Waals surface area contributed by atoms with E-state index in [4.69, 9.17) is 4.74 Å². The van der Waals surface area contributed by atoms with Crippen LogP contribution >= 0.6 is 0 Å². The Hall–Kier alpha value is -1.67. The van der Waals surface area contributed by atoms with Crippen LogP contribution in [0.25, 0.3) is 0 Å². The van der Waals surface area contributed by atoms with E-state index >= 15 is 0 Å². The Balaban J connectivity index is 2.09. The third-order valence-electron chi connectivity index (χ3n) is 7.07. The van der Waals surface area contributed by atoms with Crippen molar-refractivity contribution in [2.24, 2.45) is 17.8 Å². The van der Waals surface area contributed by atoms with Crippen LogP contribution in [0.4, 0.5) is 0 Å². The molecule has 7 atom stereocenters. The van der Waals surface area contributed by atoms with Gasteiger partial charge in [-0.2, -0.15) is 0 Å². The van der Waals surface area contributed by atoms with Gasteiger partial charge in [0.25, 0.3) is 0 Å². The van der Waals surface area contributed by atoms with Crippen LogP contribution in [0.2, 0.25) is 0 Å². The summed E-state index contributed by atoms with van der Waals surface area (Å²) < 4.78 is 6.58. The summed E-state index contributed by atoms with van der Waals surface area (Å²) in [5.74, 6) is -2.17. The Morgan fingerprint density at radius 1 is 1.33 bits per heavy atom. The normalized spacial score (nSPS) is 38.5. The molecule has 3 unspecified atom stereocenters. The van der Waals surface area contributed by atoms with E-state index in [2.05, 4.69) is 10.6 Å². The number of ether oxygens (including phenoxy) is 1. The molecule has 3 fully saturated rings. The van der Waals surface area contributed by atoms with E-state index < -0.39 is 40.7 Å². The fourth-order valence-corrected chi connectivity index (χ4v) is 5.73. The molecular weight excluding hydrogens is 386 g/mol. The quantitative estimate of drug-likeness (QED) is 0.586. The topological polar surface area (TPSA) is 108 Å². The zero-order chi connectivity index (χ0) is 22.6. The highest BCUT2D eigenvalue weighted by molar-refractivity contribution is 5.99. The zero-order valence-electron chi connectivity index (χ0n) is 19.2. The predicted molar refractivity (Wildman–Crippen MR) is 111 cm³/mol. The van der Waals surface area contributed by atoms with Gasteiger partial charge in [-0.15, -0.1) is 0 Å². The van der Waals surface area contributed by atoms with Crippen molar-refractivity contribution >= 4 is 17.7 Å². The molecule has 3 rings (SSSR count). The number of amides is 3. The van der Waals surface area contributed by atoms with Crippen molar-refractivity contribution in [1.82, 2.24) is 15.5 Å². The number of carbonyl (C=O) groups is 3. The third kappa shape index (κ3) is 3.23. The summed E-state index contributed by atoms with van der Waals surface area (Å²) >= 11 is 0. The molecule has 2 bridgehead atoms. The van der Waals surface area contributed by atoms with Crippen molar-refractivity contribution in [3.63, 3.8) is 0 Å². The number of aliphatic hydroxyl groups excluding tert-OH is 1. The van der Waals surface area contributed by atoms with Gasteiger partial charge in [-0.1, -0.05) is 13.8 Å². The van der Waals surface area contributed by atoms with Crippen LogP contribution in [-0.2, 0) is 19.1 Å². The molecule has 0 aliphatic carbocycles. The molecule has 3 saturated heterocycles. The number of hydrogen-bond acceptors (Lipinski definition) is 5. The number of rotatable bonds is 6. The monoisotopic (exact) mass is 423 g/mol. The van der Waals surface area contributed by atoms with Crippen molar-refractivity contribution < 1.29 is 24.2 Å². The molecular formula is C22H37N3O5. The second kappa shape index (κ2) is 7.48. The second-order valence-electron chi connectivity index (χ2n) is 10.5. The second-order valence-corrected chi connectivity index (χ2v) is 10.5. The van der Waals surface area contributed by atoms with Gasteiger partial charge in [0.15, 0.2) is 0 Å². The van der Waals surface area contributed by atoms with Gasteiger partial charge >= 0.3 is 0 Å². The van der Waals surface area contributed by atoms with Crippen molar-refractivity contribution in [2.45, 2.75) is 90.1 Å². The van der Waals surface area contributed by atoms with E-state index in [9.17, 15) is 19.5 Å². The first-order valence-corrected chi connectivity index (χ1v) is 11.1. The van der Waals surface area contributed by atoms with Gasteiger partial charge in [0.2, 0.25) is 17.7 Å². The standard InChI is InChI=1S/C22H37N3O5/c1-8-9-23-17(27)14-15-19(29)25(13(3)11-26)16(18(28)24-20(4,5)6)22(15)10-12(2)21(14,7)30-22/h12-16,26H,8-11H2,1-7H3,(H,23,27)(H,24,28)/t12?,13-,14+,15+,16?,21-,22?/m1/s1. The number of aliphatic hydroxyl groups is 1. The molecule has 1 spiro atoms. The number of fused-ring (bicyclic) bond motifs is 1. The van der Waals surface area contributed by atoms with Gasteiger partial charge in [0.1, 0.15) is 11.6 Å². The van der Waals surface area contributed by atoms with Crippen LogP contribution < -0.4 is 10.6 Å². The van der Waals surface area contributed by atoms with E-state index in [0.717, 1.165) is 6.42 Å². The summed E-state index contributed by atoms with van der Waals surface area (Å²) in [5, 5.41) is 15.8. The molecule has 3 aliphatic rings. The first-order chi connectivity index (χ1) is 13.8. The van der Waals surface area contributed by atoms with Gasteiger partial charge in [-0.05, 0) is 53.4 Å². The Labute approximate surface area is 179 Å². The van der Waals surface area contributed by atoms with Crippen LogP contribution in [0.1, 0.15) is 61.3 Å². The lowest BCUT2D eigenvalue weighted by Gasteiger charge is -2.37. The first kappa shape index (κ1) is 23.0. The number of nitrogens with zero attached hydrogens (tertiary/aromatic N) is 1. The van der Waals surface area contributed by atoms with Crippen molar-refractivity contribution in [3.8, 4) is 0 Å². The van der Waals surface area contributed by atoms with E-state index in [-0.39, 0.29) is 30.2 Å². The minimum absolute atomic E-state index is 0.00764. The Morgan fingerprint density at radius 2 is 1.97 bits per heavy atom. The van der Waals surface area contributed by atoms with Crippen molar-refractivity contribution in [3.05, 3.63) is 0 Å². The van der Waals surface area contributed by atoms with Gasteiger partial charge in [-0.3, -0.25) is 14.4 Å². The average Bonchev–Trinajstić information content (AvgIpc) is 3.14. The molecule has 170 valence electrons. The average molecular weight is 424 g/mol. The van der Waals surface area contributed by atoms with E-state index in [1.165, 1.54) is 4.90 Å². The minimum Gasteiger partial charge on any atom is -0.394 e. The lowest BCUT2D eigenvalue weighted by Crippen LogP contribution is -2.60. The van der Waals surface area contributed by atoms with Crippen molar-refractivity contribution in [2.75, 3.05) is 13.2 Å². The molecule has 0 saturated carbocycles. The van der Waals surface area contributed by atoms with Gasteiger partial charge in [0.05, 0.1) is 30.1 Å². The number of likely N-dealkylation sites (tertiary alicyclic amines) is 1. The van der Waals surface area contributed by atoms with Gasteiger partial charge in [0, 0.05) is 12.1 Å². The summed E-state index contributed by atoms with van der Waals surface area (Å²) in [7, 11) is 0. The largest absolute Gasteiger partial charge is 0.394 e. The van der Waals surface area contributed by atoms with Gasteiger partial charge in [-0.25, -0.2) is 0 Å². The van der Waals surface area contributed by atoms with Crippen LogP contribution in [0.15, 0.2) is 0 Å². The fourth-order valence-electron chi connectivity index (χ4n) is 5.73. The Morgan fingerprint density at radius 3 is 2.50 bits per heavy atom. The highest BCUT2D eigenvalue weighted by Crippen LogP contribution is 2.65. The van der Waals surface area contributed by atoms with Crippen LogP contribution in [0.3, 0.4) is 0 Å². The molecule has 8 nitrogen and oxygen atoms in total. The maximum Gasteiger partial charge on any atom is 0.246 e. The Bertz CT molecular complexity index is 735.